The first-order valence-corrected chi connectivity index (χ1v) is 12.2. The number of amides is 1. The van der Waals surface area contributed by atoms with E-state index in [9.17, 15) is 14.7 Å². The zero-order valence-electron chi connectivity index (χ0n) is 19.6. The van der Waals surface area contributed by atoms with E-state index >= 15 is 0 Å². The van der Waals surface area contributed by atoms with Crippen molar-refractivity contribution in [2.24, 2.45) is 0 Å². The number of piperazine rings is 1. The molecule has 1 atom stereocenters. The molecule has 2 aromatic heterocycles. The van der Waals surface area contributed by atoms with Gasteiger partial charge in [0, 0.05) is 67.5 Å². The van der Waals surface area contributed by atoms with Gasteiger partial charge in [-0.05, 0) is 24.6 Å². The molecule has 0 radical (unpaired) electrons. The Hall–Kier alpha value is -2.65. The largest absolute Gasteiger partial charge is 0.493 e. The number of hydrogen-bond acceptors (Lipinski definition) is 7. The third-order valence-electron chi connectivity index (χ3n) is 6.47. The Bertz CT molecular complexity index is 1210. The minimum atomic E-state index is -0.251. The number of nitrogens with zero attached hydrogens (tertiary/aromatic N) is 3. The molecule has 0 saturated carbocycles. The van der Waals surface area contributed by atoms with E-state index in [1.54, 1.807) is 23.1 Å². The van der Waals surface area contributed by atoms with E-state index in [4.69, 9.17) is 32.4 Å². The number of aliphatic hydroxyl groups excluding tert-OH is 1. The first-order valence-electron chi connectivity index (χ1n) is 11.4. The Balaban J connectivity index is 1.60. The number of methoxy groups -OCH3 is 1. The van der Waals surface area contributed by atoms with Crippen LogP contribution in [0.25, 0.3) is 11.0 Å². The lowest BCUT2D eigenvalue weighted by atomic mass is 10.00. The molecular weight excluding hydrogens is 493 g/mol. The monoisotopic (exact) mass is 519 g/mol. The minimum absolute atomic E-state index is 0.0263. The molecule has 1 amide bonds. The van der Waals surface area contributed by atoms with Gasteiger partial charge in [0.15, 0.2) is 22.9 Å². The van der Waals surface area contributed by atoms with Crippen molar-refractivity contribution in [3.05, 3.63) is 57.5 Å². The van der Waals surface area contributed by atoms with Crippen LogP contribution in [0.4, 0.5) is 0 Å². The molecule has 0 bridgehead atoms. The molecule has 4 rings (SSSR count). The number of carbonyl (C=O) groups is 2. The lowest BCUT2D eigenvalue weighted by Gasteiger charge is -2.38. The van der Waals surface area contributed by atoms with E-state index in [0.29, 0.717) is 64.1 Å². The van der Waals surface area contributed by atoms with E-state index in [-0.39, 0.29) is 36.5 Å². The van der Waals surface area contributed by atoms with Crippen molar-refractivity contribution in [2.45, 2.75) is 25.8 Å². The molecule has 1 N–H and O–H groups in total. The zero-order valence-corrected chi connectivity index (χ0v) is 21.1. The van der Waals surface area contributed by atoms with Crippen LogP contribution in [0.15, 0.2) is 35.0 Å². The number of fused-ring (bicyclic) bond motifs is 1. The lowest BCUT2D eigenvalue weighted by Crippen LogP contribution is -2.52. The van der Waals surface area contributed by atoms with Gasteiger partial charge in [0.25, 0.3) is 5.91 Å². The topological polar surface area (TPSA) is 96.1 Å². The Morgan fingerprint density at radius 1 is 1.17 bits per heavy atom. The third-order valence-corrected chi connectivity index (χ3v) is 7.12. The maximum Gasteiger partial charge on any atom is 0.289 e. The van der Waals surface area contributed by atoms with Crippen LogP contribution in [0, 0.1) is 0 Å². The number of hydrogen-bond donors (Lipinski definition) is 1. The fourth-order valence-electron chi connectivity index (χ4n) is 4.42. The molecule has 1 aromatic carbocycles. The zero-order chi connectivity index (χ0) is 25.1. The molecule has 10 heteroatoms. The quantitative estimate of drug-likeness (QED) is 0.447. The highest BCUT2D eigenvalue weighted by molar-refractivity contribution is 6.36. The molecule has 3 aromatic rings. The SMILES string of the molecule is CCC(CO)N1CCN(C(=O)c2cc3c(C(=O)Cc4c(Cl)cncc4Cl)ccc(OC)c3o2)CC1. The summed E-state index contributed by atoms with van der Waals surface area (Å²) >= 11 is 12.4. The highest BCUT2D eigenvalue weighted by Crippen LogP contribution is 2.34. The van der Waals surface area contributed by atoms with Crippen molar-refractivity contribution in [1.29, 1.82) is 0 Å². The van der Waals surface area contributed by atoms with Gasteiger partial charge in [-0.3, -0.25) is 19.5 Å². The van der Waals surface area contributed by atoms with Crippen molar-refractivity contribution in [3.63, 3.8) is 0 Å². The van der Waals surface area contributed by atoms with Gasteiger partial charge in [-0.25, -0.2) is 0 Å². The van der Waals surface area contributed by atoms with Crippen molar-refractivity contribution in [3.8, 4) is 5.75 Å². The van der Waals surface area contributed by atoms with Gasteiger partial charge in [-0.1, -0.05) is 30.1 Å². The van der Waals surface area contributed by atoms with Crippen LogP contribution < -0.4 is 4.74 Å². The van der Waals surface area contributed by atoms with Gasteiger partial charge in [0.2, 0.25) is 0 Å². The maximum absolute atomic E-state index is 13.2. The number of aromatic nitrogens is 1. The highest BCUT2D eigenvalue weighted by atomic mass is 35.5. The van der Waals surface area contributed by atoms with Crippen LogP contribution in [0.3, 0.4) is 0 Å². The Morgan fingerprint density at radius 3 is 2.46 bits per heavy atom. The summed E-state index contributed by atoms with van der Waals surface area (Å²) in [7, 11) is 1.50. The minimum Gasteiger partial charge on any atom is -0.493 e. The normalized spacial score (nSPS) is 15.4. The molecule has 186 valence electrons. The molecule has 1 fully saturated rings. The number of benzene rings is 1. The number of pyridine rings is 1. The van der Waals surface area contributed by atoms with Crippen molar-refractivity contribution < 1.29 is 23.8 Å². The van der Waals surface area contributed by atoms with E-state index in [1.165, 1.54) is 19.5 Å². The van der Waals surface area contributed by atoms with Crippen LogP contribution in [0.1, 0.15) is 39.8 Å². The second-order valence-corrected chi connectivity index (χ2v) is 9.24. The lowest BCUT2D eigenvalue weighted by molar-refractivity contribution is 0.0451. The summed E-state index contributed by atoms with van der Waals surface area (Å²) in [5.41, 5.74) is 1.20. The summed E-state index contributed by atoms with van der Waals surface area (Å²) in [6.45, 7) is 4.52. The van der Waals surface area contributed by atoms with Crippen molar-refractivity contribution in [1.82, 2.24) is 14.8 Å². The number of rotatable bonds is 8. The molecule has 35 heavy (non-hydrogen) atoms. The van der Waals surface area contributed by atoms with Crippen LogP contribution in [-0.2, 0) is 6.42 Å². The van der Waals surface area contributed by atoms with Gasteiger partial charge in [-0.2, -0.15) is 0 Å². The standard InChI is InChI=1S/C25H27Cl2N3O5/c1-3-15(14-31)29-6-8-30(9-7-29)25(33)23-11-17-16(4-5-22(34-2)24(17)35-23)21(32)10-18-19(26)12-28-13-20(18)27/h4-5,11-13,15,31H,3,6-10,14H2,1-2H3. The Morgan fingerprint density at radius 2 is 1.86 bits per heavy atom. The van der Waals surface area contributed by atoms with Gasteiger partial charge in [-0.15, -0.1) is 0 Å². The smallest absolute Gasteiger partial charge is 0.289 e. The number of furan rings is 1. The summed E-state index contributed by atoms with van der Waals surface area (Å²) in [5.74, 6) is 0.0875. The highest BCUT2D eigenvalue weighted by Gasteiger charge is 2.28. The summed E-state index contributed by atoms with van der Waals surface area (Å²) in [6, 6.07) is 4.98. The molecule has 3 heterocycles. The summed E-state index contributed by atoms with van der Waals surface area (Å²) in [4.78, 5) is 34.3. The Kier molecular flexibility index (Phi) is 7.96. The maximum atomic E-state index is 13.2. The van der Waals surface area contributed by atoms with Crippen molar-refractivity contribution >= 4 is 45.9 Å². The summed E-state index contributed by atoms with van der Waals surface area (Å²) < 4.78 is 11.3. The van der Waals surface area contributed by atoms with E-state index in [1.807, 2.05) is 6.92 Å². The average molecular weight is 520 g/mol. The molecule has 1 aliphatic heterocycles. The van der Waals surface area contributed by atoms with Gasteiger partial charge in [0.05, 0.1) is 23.8 Å². The number of carbonyl (C=O) groups excluding carboxylic acids is 2. The van der Waals surface area contributed by atoms with Gasteiger partial charge >= 0.3 is 0 Å². The third kappa shape index (κ3) is 5.16. The fraction of sp³-hybridized carbons (Fsp3) is 0.400. The molecule has 1 aliphatic rings. The average Bonchev–Trinajstić information content (AvgIpc) is 3.32. The summed E-state index contributed by atoms with van der Waals surface area (Å²) in [5, 5.41) is 10.7. The second-order valence-electron chi connectivity index (χ2n) is 8.42. The number of ether oxygens (including phenoxy) is 1. The van der Waals surface area contributed by atoms with E-state index in [0.717, 1.165) is 6.42 Å². The van der Waals surface area contributed by atoms with Gasteiger partial charge < -0.3 is 19.2 Å². The molecule has 8 nitrogen and oxygen atoms in total. The predicted octanol–water partition coefficient (Wildman–Crippen LogP) is 4.10. The molecule has 0 spiro atoms. The van der Waals surface area contributed by atoms with Crippen LogP contribution in [0.5, 0.6) is 5.75 Å². The van der Waals surface area contributed by atoms with Gasteiger partial charge in [0.1, 0.15) is 0 Å². The number of aliphatic hydroxyl groups is 1. The first kappa shape index (κ1) is 25.4. The van der Waals surface area contributed by atoms with Crippen LogP contribution in [-0.4, -0.2) is 77.5 Å². The summed E-state index contributed by atoms with van der Waals surface area (Å²) in [6.07, 6.45) is 3.70. The van der Waals surface area contributed by atoms with E-state index in [2.05, 4.69) is 9.88 Å². The van der Waals surface area contributed by atoms with Crippen LogP contribution in [0.2, 0.25) is 10.0 Å². The molecule has 0 aliphatic carbocycles. The number of ketones is 1. The van der Waals surface area contributed by atoms with Crippen LogP contribution >= 0.6 is 23.2 Å². The fourth-order valence-corrected chi connectivity index (χ4v) is 4.92. The van der Waals surface area contributed by atoms with E-state index < -0.39 is 0 Å². The predicted molar refractivity (Wildman–Crippen MR) is 134 cm³/mol. The first-order chi connectivity index (χ1) is 16.9. The van der Waals surface area contributed by atoms with Crippen molar-refractivity contribution in [2.75, 3.05) is 39.9 Å². The molecular formula is C25H27Cl2N3O5. The number of halogens is 2. The molecule has 1 saturated heterocycles. The molecule has 1 unspecified atom stereocenters. The number of Topliss-reactive ketones (excluding diaryl/α,β-unsaturated/α-hetero) is 1. The Labute approximate surface area is 213 Å². The second kappa shape index (κ2) is 11.0.